The van der Waals surface area contributed by atoms with Crippen LogP contribution >= 0.6 is 0 Å². The Hall–Kier alpha value is -1.63. The van der Waals surface area contributed by atoms with Crippen LogP contribution in [0.2, 0.25) is 0 Å². The average Bonchev–Trinajstić information content (AvgIpc) is 2.72. The van der Waals surface area contributed by atoms with E-state index in [0.717, 1.165) is 5.69 Å². The van der Waals surface area contributed by atoms with Crippen molar-refractivity contribution < 1.29 is 22.6 Å². The first-order valence-electron chi connectivity index (χ1n) is 6.96. The molecule has 3 rings (SSSR count). The van der Waals surface area contributed by atoms with Gasteiger partial charge in [-0.05, 0) is 12.1 Å². The molecule has 4 nitrogen and oxygen atoms in total. The van der Waals surface area contributed by atoms with E-state index in [1.54, 1.807) is 23.1 Å². The van der Waals surface area contributed by atoms with Crippen LogP contribution in [0.5, 0.6) is 11.5 Å². The second kappa shape index (κ2) is 5.63. The summed E-state index contributed by atoms with van der Waals surface area (Å²) in [7, 11) is 0. The number of halogens is 3. The van der Waals surface area contributed by atoms with Gasteiger partial charge in [-0.15, -0.1) is 0 Å². The Morgan fingerprint density at radius 1 is 1.14 bits per heavy atom. The minimum atomic E-state index is -4.19. The van der Waals surface area contributed by atoms with Crippen molar-refractivity contribution in [3.8, 4) is 11.5 Å². The molecule has 21 heavy (non-hydrogen) atoms. The summed E-state index contributed by atoms with van der Waals surface area (Å²) in [6.45, 7) is 1.94. The molecule has 0 aliphatic carbocycles. The third kappa shape index (κ3) is 3.18. The van der Waals surface area contributed by atoms with Crippen LogP contribution in [0.1, 0.15) is 0 Å². The number of hydrogen-bond acceptors (Lipinski definition) is 4. The van der Waals surface area contributed by atoms with Crippen LogP contribution in [0.3, 0.4) is 0 Å². The molecule has 2 aliphatic heterocycles. The molecule has 0 spiro atoms. The number of alkyl halides is 3. The van der Waals surface area contributed by atoms with Crippen molar-refractivity contribution >= 4 is 5.69 Å². The van der Waals surface area contributed by atoms with Gasteiger partial charge in [-0.2, -0.15) is 13.2 Å². The lowest BCUT2D eigenvalue weighted by molar-refractivity contribution is -0.169. The summed E-state index contributed by atoms with van der Waals surface area (Å²) in [5, 5.41) is 2.85. The Kier molecular flexibility index (Phi) is 3.84. The zero-order valence-electron chi connectivity index (χ0n) is 11.4. The number of nitrogens with zero attached hydrogens (tertiary/aromatic N) is 1. The Labute approximate surface area is 120 Å². The fraction of sp³-hybridized carbons (Fsp3) is 0.571. The lowest BCUT2D eigenvalue weighted by Crippen LogP contribution is -2.38. The SMILES string of the molecule is FC(F)(F)C1CNCCN(c2ccc3c(c2)OCCO3)C1. The fourth-order valence-electron chi connectivity index (χ4n) is 2.59. The highest BCUT2D eigenvalue weighted by Gasteiger charge is 2.41. The first kappa shape index (κ1) is 14.3. The average molecular weight is 302 g/mol. The summed E-state index contributed by atoms with van der Waals surface area (Å²) in [4.78, 5) is 1.75. The van der Waals surface area contributed by atoms with Gasteiger partial charge in [0.2, 0.25) is 0 Å². The van der Waals surface area contributed by atoms with E-state index in [0.29, 0.717) is 37.8 Å². The van der Waals surface area contributed by atoms with E-state index < -0.39 is 12.1 Å². The molecule has 1 atom stereocenters. The van der Waals surface area contributed by atoms with Crippen LogP contribution in [-0.4, -0.2) is 45.6 Å². The maximum atomic E-state index is 13.0. The number of benzene rings is 1. The van der Waals surface area contributed by atoms with Crippen molar-refractivity contribution in [2.45, 2.75) is 6.18 Å². The molecule has 1 aromatic carbocycles. The second-order valence-electron chi connectivity index (χ2n) is 5.22. The lowest BCUT2D eigenvalue weighted by atomic mass is 10.1. The molecule has 1 aromatic rings. The van der Waals surface area contributed by atoms with E-state index in [1.807, 2.05) is 0 Å². The van der Waals surface area contributed by atoms with Crippen LogP contribution < -0.4 is 19.7 Å². The van der Waals surface area contributed by atoms with Crippen LogP contribution in [0.15, 0.2) is 18.2 Å². The summed E-state index contributed by atoms with van der Waals surface area (Å²) in [5.74, 6) is -0.127. The minimum absolute atomic E-state index is 0.0372. The summed E-state index contributed by atoms with van der Waals surface area (Å²) >= 11 is 0. The predicted molar refractivity (Wildman–Crippen MR) is 72.1 cm³/mol. The molecule has 1 saturated heterocycles. The summed E-state index contributed by atoms with van der Waals surface area (Å²) in [6, 6.07) is 5.30. The monoisotopic (exact) mass is 302 g/mol. The van der Waals surface area contributed by atoms with Gasteiger partial charge in [0.15, 0.2) is 11.5 Å². The molecule has 1 unspecified atom stereocenters. The number of nitrogens with one attached hydrogen (secondary N) is 1. The van der Waals surface area contributed by atoms with Crippen LogP contribution in [0.4, 0.5) is 18.9 Å². The maximum absolute atomic E-state index is 13.0. The first-order chi connectivity index (χ1) is 10.0. The minimum Gasteiger partial charge on any atom is -0.486 e. The molecule has 2 aliphatic rings. The molecule has 116 valence electrons. The predicted octanol–water partition coefficient (Wildman–Crippen LogP) is 2.05. The quantitative estimate of drug-likeness (QED) is 0.861. The third-order valence-corrected chi connectivity index (χ3v) is 3.74. The van der Waals surface area contributed by atoms with Crippen LogP contribution in [-0.2, 0) is 0 Å². The Balaban J connectivity index is 1.81. The van der Waals surface area contributed by atoms with Gasteiger partial charge in [-0.25, -0.2) is 0 Å². The highest BCUT2D eigenvalue weighted by atomic mass is 19.4. The number of rotatable bonds is 1. The number of anilines is 1. The van der Waals surface area contributed by atoms with E-state index in [1.165, 1.54) is 0 Å². The molecule has 7 heteroatoms. The Morgan fingerprint density at radius 2 is 1.90 bits per heavy atom. The molecule has 0 bridgehead atoms. The van der Waals surface area contributed by atoms with Crippen molar-refractivity contribution in [1.29, 1.82) is 0 Å². The van der Waals surface area contributed by atoms with Gasteiger partial charge >= 0.3 is 6.18 Å². The molecular formula is C14H17F3N2O2. The highest BCUT2D eigenvalue weighted by molar-refractivity contribution is 5.57. The topological polar surface area (TPSA) is 33.7 Å². The second-order valence-corrected chi connectivity index (χ2v) is 5.22. The van der Waals surface area contributed by atoms with Gasteiger partial charge in [0.05, 0.1) is 5.92 Å². The largest absolute Gasteiger partial charge is 0.486 e. The fourth-order valence-corrected chi connectivity index (χ4v) is 2.59. The molecule has 0 amide bonds. The van der Waals surface area contributed by atoms with Crippen LogP contribution in [0, 0.1) is 5.92 Å². The zero-order chi connectivity index (χ0) is 14.9. The van der Waals surface area contributed by atoms with Gasteiger partial charge in [-0.1, -0.05) is 0 Å². The highest BCUT2D eigenvalue weighted by Crippen LogP contribution is 2.35. The number of hydrogen-bond donors (Lipinski definition) is 1. The summed E-state index contributed by atoms with van der Waals surface area (Å²) in [6.07, 6.45) is -4.19. The molecular weight excluding hydrogens is 285 g/mol. The standard InChI is InChI=1S/C14H17F3N2O2/c15-14(16,17)10-8-18-3-4-19(9-10)11-1-2-12-13(7-11)21-6-5-20-12/h1-2,7,10,18H,3-6,8-9H2. The molecule has 0 aromatic heterocycles. The van der Waals surface area contributed by atoms with Gasteiger partial charge in [0.25, 0.3) is 0 Å². The molecule has 0 radical (unpaired) electrons. The third-order valence-electron chi connectivity index (χ3n) is 3.74. The van der Waals surface area contributed by atoms with Gasteiger partial charge < -0.3 is 19.7 Å². The van der Waals surface area contributed by atoms with E-state index >= 15 is 0 Å². The van der Waals surface area contributed by atoms with E-state index in [2.05, 4.69) is 5.32 Å². The first-order valence-corrected chi connectivity index (χ1v) is 6.96. The molecule has 0 saturated carbocycles. The number of fused-ring (bicyclic) bond motifs is 1. The lowest BCUT2D eigenvalue weighted by Gasteiger charge is -2.28. The van der Waals surface area contributed by atoms with Gasteiger partial charge in [-0.3, -0.25) is 0 Å². The van der Waals surface area contributed by atoms with E-state index in [9.17, 15) is 13.2 Å². The van der Waals surface area contributed by atoms with E-state index in [4.69, 9.17) is 9.47 Å². The van der Waals surface area contributed by atoms with Crippen molar-refractivity contribution in [3.05, 3.63) is 18.2 Å². The normalized spacial score (nSPS) is 22.8. The smallest absolute Gasteiger partial charge is 0.394 e. The van der Waals surface area contributed by atoms with E-state index in [-0.39, 0.29) is 13.1 Å². The van der Waals surface area contributed by atoms with Crippen molar-refractivity contribution in [1.82, 2.24) is 5.32 Å². The maximum Gasteiger partial charge on any atom is 0.394 e. The molecule has 1 fully saturated rings. The molecule has 2 heterocycles. The Bertz CT molecular complexity index is 507. The van der Waals surface area contributed by atoms with Crippen molar-refractivity contribution in [2.24, 2.45) is 5.92 Å². The molecule has 1 N–H and O–H groups in total. The zero-order valence-corrected chi connectivity index (χ0v) is 11.4. The van der Waals surface area contributed by atoms with Crippen molar-refractivity contribution in [2.75, 3.05) is 44.3 Å². The summed E-state index contributed by atoms with van der Waals surface area (Å²) < 4.78 is 49.8. The number of ether oxygens (including phenoxy) is 2. The van der Waals surface area contributed by atoms with Gasteiger partial charge in [0.1, 0.15) is 13.2 Å². The van der Waals surface area contributed by atoms with Crippen LogP contribution in [0.25, 0.3) is 0 Å². The Morgan fingerprint density at radius 3 is 2.67 bits per heavy atom. The van der Waals surface area contributed by atoms with Crippen molar-refractivity contribution in [3.63, 3.8) is 0 Å². The summed E-state index contributed by atoms with van der Waals surface area (Å²) in [5.41, 5.74) is 0.734. The van der Waals surface area contributed by atoms with Gasteiger partial charge in [0, 0.05) is 37.9 Å².